The topological polar surface area (TPSA) is 86.0 Å². The number of carbonyl (C=O) groups excluding carboxylic acids is 1. The van der Waals surface area contributed by atoms with Gasteiger partial charge in [0.2, 0.25) is 5.91 Å². The van der Waals surface area contributed by atoms with E-state index in [9.17, 15) is 18.8 Å². The van der Waals surface area contributed by atoms with E-state index in [0.717, 1.165) is 56.2 Å². The van der Waals surface area contributed by atoms with E-state index >= 15 is 0 Å². The minimum absolute atomic E-state index is 0.0240. The molecular formula is C24H31FN4O3S. The smallest absolute Gasteiger partial charge is 0.333 e. The molecule has 1 N–H and O–H groups in total. The first-order valence-electron chi connectivity index (χ1n) is 12.2. The normalized spacial score (nSPS) is 24.2. The molecule has 0 spiro atoms. The predicted octanol–water partition coefficient (Wildman–Crippen LogP) is 3.41. The minimum atomic E-state index is -0.568. The van der Waals surface area contributed by atoms with Crippen molar-refractivity contribution in [3.05, 3.63) is 38.9 Å². The van der Waals surface area contributed by atoms with Crippen molar-refractivity contribution in [3.8, 4) is 0 Å². The molecule has 1 saturated heterocycles. The first kappa shape index (κ1) is 22.6. The van der Waals surface area contributed by atoms with E-state index in [1.165, 1.54) is 10.6 Å². The second-order valence-electron chi connectivity index (χ2n) is 9.82. The summed E-state index contributed by atoms with van der Waals surface area (Å²) in [5, 5.41) is 3.24. The maximum absolute atomic E-state index is 14.0. The molecule has 5 rings (SSSR count). The Morgan fingerprint density at radius 3 is 2.36 bits per heavy atom. The third-order valence-corrected chi connectivity index (χ3v) is 8.47. The molecule has 1 aliphatic heterocycles. The molecule has 0 atom stereocenters. The lowest BCUT2D eigenvalue weighted by Crippen LogP contribution is -2.45. The average Bonchev–Trinajstić information content (AvgIpc) is 3.64. The molecule has 0 aromatic carbocycles. The van der Waals surface area contributed by atoms with E-state index in [1.807, 2.05) is 11.8 Å². The van der Waals surface area contributed by atoms with Crippen molar-refractivity contribution >= 4 is 28.7 Å². The summed E-state index contributed by atoms with van der Waals surface area (Å²) in [4.78, 5) is 43.1. The van der Waals surface area contributed by atoms with Gasteiger partial charge < -0.3 is 5.32 Å². The fraction of sp³-hybridized carbons (Fsp3) is 0.667. The maximum atomic E-state index is 14.0. The highest BCUT2D eigenvalue weighted by Gasteiger charge is 2.30. The molecular weight excluding hydrogens is 443 g/mol. The van der Waals surface area contributed by atoms with Crippen LogP contribution in [0.1, 0.15) is 69.9 Å². The van der Waals surface area contributed by atoms with Gasteiger partial charge in [0.1, 0.15) is 11.5 Å². The van der Waals surface area contributed by atoms with Gasteiger partial charge in [0.05, 0.1) is 11.6 Å². The summed E-state index contributed by atoms with van der Waals surface area (Å²) >= 11 is 1.86. The molecule has 0 radical (unpaired) electrons. The third kappa shape index (κ3) is 4.88. The number of hydrogen-bond acceptors (Lipinski definition) is 5. The Kier molecular flexibility index (Phi) is 6.58. The fourth-order valence-electron chi connectivity index (χ4n) is 5.32. The Morgan fingerprint density at radius 2 is 1.67 bits per heavy atom. The van der Waals surface area contributed by atoms with Crippen LogP contribution in [-0.2, 0) is 4.79 Å². The van der Waals surface area contributed by atoms with E-state index in [0.29, 0.717) is 43.3 Å². The van der Waals surface area contributed by atoms with Crippen LogP contribution in [0.15, 0.2) is 21.9 Å². The number of amides is 1. The second-order valence-corrected chi connectivity index (χ2v) is 11.0. The zero-order chi connectivity index (χ0) is 22.9. The lowest BCUT2D eigenvalue weighted by atomic mass is 9.85. The molecule has 2 aromatic rings. The fourth-order valence-corrected chi connectivity index (χ4v) is 6.40. The Balaban J connectivity index is 1.38. The quantitative estimate of drug-likeness (QED) is 0.694. The maximum Gasteiger partial charge on any atom is 0.333 e. The number of halogens is 1. The molecule has 178 valence electrons. The first-order valence-corrected chi connectivity index (χ1v) is 13.3. The number of rotatable bonds is 6. The molecule has 33 heavy (non-hydrogen) atoms. The van der Waals surface area contributed by atoms with E-state index in [-0.39, 0.29) is 29.1 Å². The summed E-state index contributed by atoms with van der Waals surface area (Å²) in [5.41, 5.74) is -0.457. The van der Waals surface area contributed by atoms with Crippen molar-refractivity contribution < 1.29 is 9.18 Å². The SMILES string of the molecule is O=C(CC1CC1)NCC1CCC(n2c(=O)c3cc(F)cnc3n(C3CCSCC3)c2=O)CC1. The van der Waals surface area contributed by atoms with Crippen molar-refractivity contribution in [2.24, 2.45) is 11.8 Å². The van der Waals surface area contributed by atoms with Crippen molar-refractivity contribution in [1.29, 1.82) is 0 Å². The highest BCUT2D eigenvalue weighted by molar-refractivity contribution is 7.99. The molecule has 3 fully saturated rings. The number of pyridine rings is 1. The van der Waals surface area contributed by atoms with Crippen LogP contribution in [0.3, 0.4) is 0 Å². The van der Waals surface area contributed by atoms with E-state index in [1.54, 1.807) is 4.57 Å². The van der Waals surface area contributed by atoms with Gasteiger partial charge in [-0.25, -0.2) is 14.2 Å². The summed E-state index contributed by atoms with van der Waals surface area (Å²) in [5.74, 6) is 2.41. The largest absolute Gasteiger partial charge is 0.356 e. The number of aromatic nitrogens is 3. The highest BCUT2D eigenvalue weighted by atomic mass is 32.2. The van der Waals surface area contributed by atoms with Gasteiger partial charge in [0.15, 0.2) is 0 Å². The van der Waals surface area contributed by atoms with Gasteiger partial charge >= 0.3 is 5.69 Å². The number of thioether (sulfide) groups is 1. The van der Waals surface area contributed by atoms with Crippen LogP contribution in [0.4, 0.5) is 4.39 Å². The van der Waals surface area contributed by atoms with E-state index in [4.69, 9.17) is 0 Å². The third-order valence-electron chi connectivity index (χ3n) is 7.42. The molecule has 9 heteroatoms. The zero-order valence-electron chi connectivity index (χ0n) is 18.8. The molecule has 2 aromatic heterocycles. The molecule has 3 aliphatic rings. The number of fused-ring (bicyclic) bond motifs is 1. The molecule has 3 heterocycles. The van der Waals surface area contributed by atoms with Gasteiger partial charge in [-0.15, -0.1) is 0 Å². The van der Waals surface area contributed by atoms with Crippen LogP contribution < -0.4 is 16.6 Å². The van der Waals surface area contributed by atoms with Gasteiger partial charge in [0, 0.05) is 25.0 Å². The Labute approximate surface area is 196 Å². The van der Waals surface area contributed by atoms with Crippen LogP contribution >= 0.6 is 11.8 Å². The Morgan fingerprint density at radius 1 is 1.00 bits per heavy atom. The minimum Gasteiger partial charge on any atom is -0.356 e. The monoisotopic (exact) mass is 474 g/mol. The van der Waals surface area contributed by atoms with Crippen LogP contribution in [0.2, 0.25) is 0 Å². The zero-order valence-corrected chi connectivity index (χ0v) is 19.6. The van der Waals surface area contributed by atoms with Crippen LogP contribution in [0.5, 0.6) is 0 Å². The lowest BCUT2D eigenvalue weighted by Gasteiger charge is -2.31. The van der Waals surface area contributed by atoms with Crippen molar-refractivity contribution in [2.45, 2.75) is 69.9 Å². The number of carbonyl (C=O) groups is 1. The number of nitrogens with zero attached hydrogens (tertiary/aromatic N) is 3. The number of nitrogens with one attached hydrogen (secondary N) is 1. The van der Waals surface area contributed by atoms with Gasteiger partial charge in [-0.1, -0.05) is 0 Å². The average molecular weight is 475 g/mol. The summed E-state index contributed by atoms with van der Waals surface area (Å²) in [7, 11) is 0. The van der Waals surface area contributed by atoms with Crippen LogP contribution in [0, 0.1) is 17.7 Å². The second kappa shape index (κ2) is 9.60. The molecule has 2 saturated carbocycles. The molecule has 0 bridgehead atoms. The summed E-state index contributed by atoms with van der Waals surface area (Å²) in [6.07, 6.45) is 8.81. The lowest BCUT2D eigenvalue weighted by molar-refractivity contribution is -0.121. The van der Waals surface area contributed by atoms with Crippen molar-refractivity contribution in [3.63, 3.8) is 0 Å². The Bertz CT molecular complexity index is 1140. The molecule has 7 nitrogen and oxygen atoms in total. The first-order chi connectivity index (χ1) is 16.0. The van der Waals surface area contributed by atoms with E-state index in [2.05, 4.69) is 10.3 Å². The standard InChI is InChI=1S/C24H31FN4O3S/c25-17-12-20-22(27-14-17)28(19-7-9-33-10-8-19)24(32)29(23(20)31)18-5-3-16(4-6-18)13-26-21(30)11-15-1-2-15/h12,14-16,18-19H,1-11,13H2,(H,26,30). The highest BCUT2D eigenvalue weighted by Crippen LogP contribution is 2.33. The molecule has 2 aliphatic carbocycles. The summed E-state index contributed by atoms with van der Waals surface area (Å²) < 4.78 is 17.0. The predicted molar refractivity (Wildman–Crippen MR) is 127 cm³/mol. The summed E-state index contributed by atoms with van der Waals surface area (Å²) in [6, 6.07) is 0.986. The molecule has 0 unspecified atom stereocenters. The van der Waals surface area contributed by atoms with Gasteiger partial charge in [-0.3, -0.25) is 18.7 Å². The summed E-state index contributed by atoms with van der Waals surface area (Å²) in [6.45, 7) is 0.657. The molecule has 1 amide bonds. The van der Waals surface area contributed by atoms with Gasteiger partial charge in [-0.2, -0.15) is 11.8 Å². The van der Waals surface area contributed by atoms with E-state index < -0.39 is 11.4 Å². The van der Waals surface area contributed by atoms with Crippen molar-refractivity contribution in [2.75, 3.05) is 18.1 Å². The van der Waals surface area contributed by atoms with Crippen molar-refractivity contribution in [1.82, 2.24) is 19.4 Å². The number of hydrogen-bond donors (Lipinski definition) is 1. The van der Waals surface area contributed by atoms with Gasteiger partial charge in [0.25, 0.3) is 5.56 Å². The Hall–Kier alpha value is -2.16. The van der Waals surface area contributed by atoms with Crippen LogP contribution in [0.25, 0.3) is 11.0 Å². The van der Waals surface area contributed by atoms with Gasteiger partial charge in [-0.05, 0) is 80.8 Å². The van der Waals surface area contributed by atoms with Crippen LogP contribution in [-0.4, -0.2) is 38.1 Å².